The van der Waals surface area contributed by atoms with E-state index >= 15 is 0 Å². The summed E-state index contributed by atoms with van der Waals surface area (Å²) < 4.78 is 12.7. The number of esters is 1. The molecule has 0 saturated carbocycles. The molecule has 27 heavy (non-hydrogen) atoms. The number of nitrogens with zero attached hydrogens (tertiary/aromatic N) is 1. The molecule has 0 aliphatic rings. The lowest BCUT2D eigenvalue weighted by Crippen LogP contribution is -2.15. The van der Waals surface area contributed by atoms with Crippen molar-refractivity contribution >= 4 is 22.5 Å². The Morgan fingerprint density at radius 2 is 1.67 bits per heavy atom. The van der Waals surface area contributed by atoms with E-state index in [4.69, 9.17) is 9.47 Å². The summed E-state index contributed by atoms with van der Waals surface area (Å²) in [6, 6.07) is 13.0. The average Bonchev–Trinajstić information content (AvgIpc) is 2.98. The van der Waals surface area contributed by atoms with Gasteiger partial charge in [0.25, 0.3) is 0 Å². The number of carbonyl (C=O) groups excluding carboxylic acids is 2. The zero-order chi connectivity index (χ0) is 19.6. The highest BCUT2D eigenvalue weighted by molar-refractivity contribution is 6.02. The maximum atomic E-state index is 12.6. The fourth-order valence-electron chi connectivity index (χ4n) is 3.40. The first-order valence-electron chi connectivity index (χ1n) is 8.90. The predicted molar refractivity (Wildman–Crippen MR) is 105 cm³/mol. The Kier molecular flexibility index (Phi) is 5.31. The highest BCUT2D eigenvalue weighted by Crippen LogP contribution is 2.26. The van der Waals surface area contributed by atoms with Crippen LogP contribution in [0, 0.1) is 13.8 Å². The number of carbonyl (C=O) groups is 2. The Hall–Kier alpha value is -3.08. The van der Waals surface area contributed by atoms with Gasteiger partial charge < -0.3 is 14.0 Å². The standard InChI is InChI=1S/C22H23NO4/c1-5-23-14(2)10-18(15(23)3)20(24)13-27-22(25)19-11-16-8-6-7-9-17(16)12-21(19)26-4/h6-12H,5,13H2,1-4H3. The van der Waals surface area contributed by atoms with Crippen molar-refractivity contribution in [3.8, 4) is 5.75 Å². The molecule has 0 atom stereocenters. The van der Waals surface area contributed by atoms with Crippen LogP contribution in [0.15, 0.2) is 42.5 Å². The zero-order valence-corrected chi connectivity index (χ0v) is 16.0. The van der Waals surface area contributed by atoms with Gasteiger partial charge in [-0.2, -0.15) is 0 Å². The van der Waals surface area contributed by atoms with Crippen molar-refractivity contribution in [1.82, 2.24) is 4.57 Å². The van der Waals surface area contributed by atoms with E-state index in [9.17, 15) is 9.59 Å². The predicted octanol–water partition coefficient (Wildman–Crippen LogP) is 4.33. The van der Waals surface area contributed by atoms with Gasteiger partial charge in [-0.1, -0.05) is 24.3 Å². The number of fused-ring (bicyclic) bond motifs is 1. The topological polar surface area (TPSA) is 57.5 Å². The van der Waals surface area contributed by atoms with Crippen LogP contribution in [0.25, 0.3) is 10.8 Å². The molecule has 0 aliphatic carbocycles. The smallest absolute Gasteiger partial charge is 0.342 e. The van der Waals surface area contributed by atoms with E-state index in [-0.39, 0.29) is 12.4 Å². The van der Waals surface area contributed by atoms with Gasteiger partial charge in [0.05, 0.1) is 7.11 Å². The molecular weight excluding hydrogens is 342 g/mol. The highest BCUT2D eigenvalue weighted by Gasteiger charge is 2.19. The van der Waals surface area contributed by atoms with Crippen LogP contribution >= 0.6 is 0 Å². The number of methoxy groups -OCH3 is 1. The summed E-state index contributed by atoms with van der Waals surface area (Å²) in [5, 5.41) is 1.87. The van der Waals surface area contributed by atoms with Crippen molar-refractivity contribution in [2.75, 3.05) is 13.7 Å². The van der Waals surface area contributed by atoms with Crippen LogP contribution in [0.2, 0.25) is 0 Å². The molecule has 2 aromatic carbocycles. The van der Waals surface area contributed by atoms with Crippen molar-refractivity contribution < 1.29 is 19.1 Å². The monoisotopic (exact) mass is 365 g/mol. The number of hydrogen-bond donors (Lipinski definition) is 0. The second kappa shape index (κ2) is 7.66. The molecular formula is C22H23NO4. The van der Waals surface area contributed by atoms with E-state index < -0.39 is 5.97 Å². The summed E-state index contributed by atoms with van der Waals surface area (Å²) in [6.07, 6.45) is 0. The third-order valence-corrected chi connectivity index (χ3v) is 4.81. The molecule has 0 spiro atoms. The third-order valence-electron chi connectivity index (χ3n) is 4.81. The van der Waals surface area contributed by atoms with Crippen molar-refractivity contribution in [1.29, 1.82) is 0 Å². The first kappa shape index (κ1) is 18.7. The van der Waals surface area contributed by atoms with Crippen LogP contribution in [-0.2, 0) is 11.3 Å². The second-order valence-electron chi connectivity index (χ2n) is 6.43. The normalized spacial score (nSPS) is 10.8. The van der Waals surface area contributed by atoms with Crippen LogP contribution in [-0.4, -0.2) is 30.0 Å². The number of aryl methyl sites for hydroxylation is 1. The molecule has 0 unspecified atom stereocenters. The van der Waals surface area contributed by atoms with Crippen molar-refractivity contribution in [3.05, 3.63) is 65.0 Å². The quantitative estimate of drug-likeness (QED) is 0.482. The van der Waals surface area contributed by atoms with E-state index in [0.29, 0.717) is 16.9 Å². The van der Waals surface area contributed by atoms with Crippen LogP contribution in [0.5, 0.6) is 5.75 Å². The molecule has 3 rings (SSSR count). The number of rotatable bonds is 6. The molecule has 3 aromatic rings. The van der Waals surface area contributed by atoms with Gasteiger partial charge in [0, 0.05) is 23.5 Å². The Morgan fingerprint density at radius 1 is 1.00 bits per heavy atom. The molecule has 0 bridgehead atoms. The first-order valence-corrected chi connectivity index (χ1v) is 8.90. The minimum absolute atomic E-state index is 0.212. The van der Waals surface area contributed by atoms with Crippen LogP contribution in [0.3, 0.4) is 0 Å². The molecule has 0 fully saturated rings. The summed E-state index contributed by atoms with van der Waals surface area (Å²) in [5.74, 6) is -0.360. The van der Waals surface area contributed by atoms with Gasteiger partial charge in [-0.05, 0) is 49.7 Å². The van der Waals surface area contributed by atoms with Crippen molar-refractivity contribution in [3.63, 3.8) is 0 Å². The maximum Gasteiger partial charge on any atom is 0.342 e. The van der Waals surface area contributed by atoms with E-state index in [1.165, 1.54) is 7.11 Å². The minimum atomic E-state index is -0.574. The van der Waals surface area contributed by atoms with Gasteiger partial charge in [0.15, 0.2) is 6.61 Å². The number of aromatic nitrogens is 1. The fourth-order valence-corrected chi connectivity index (χ4v) is 3.40. The summed E-state index contributed by atoms with van der Waals surface area (Å²) in [6.45, 7) is 6.37. The lowest BCUT2D eigenvalue weighted by Gasteiger charge is -2.10. The Morgan fingerprint density at radius 3 is 2.26 bits per heavy atom. The summed E-state index contributed by atoms with van der Waals surface area (Å²) >= 11 is 0. The third kappa shape index (κ3) is 3.58. The largest absolute Gasteiger partial charge is 0.496 e. The summed E-state index contributed by atoms with van der Waals surface area (Å²) in [5.41, 5.74) is 2.80. The van der Waals surface area contributed by atoms with Crippen LogP contribution in [0.1, 0.15) is 39.0 Å². The molecule has 5 heteroatoms. The van der Waals surface area contributed by atoms with Crippen LogP contribution in [0.4, 0.5) is 0 Å². The number of benzene rings is 2. The molecule has 0 saturated heterocycles. The highest BCUT2D eigenvalue weighted by atomic mass is 16.5. The van der Waals surface area contributed by atoms with Gasteiger partial charge in [0.2, 0.25) is 5.78 Å². The fraction of sp³-hybridized carbons (Fsp3) is 0.273. The average molecular weight is 365 g/mol. The number of ether oxygens (including phenoxy) is 2. The molecule has 0 N–H and O–H groups in total. The molecule has 1 heterocycles. The van der Waals surface area contributed by atoms with E-state index in [1.807, 2.05) is 51.1 Å². The lowest BCUT2D eigenvalue weighted by molar-refractivity contribution is 0.0471. The second-order valence-corrected chi connectivity index (χ2v) is 6.43. The number of Topliss-reactive ketones (excluding diaryl/α,β-unsaturated/α-hetero) is 1. The molecule has 1 aromatic heterocycles. The number of ketones is 1. The lowest BCUT2D eigenvalue weighted by atomic mass is 10.1. The molecule has 0 radical (unpaired) electrons. The Balaban J connectivity index is 1.80. The van der Waals surface area contributed by atoms with Gasteiger partial charge in [-0.25, -0.2) is 4.79 Å². The SMILES string of the molecule is CCn1c(C)cc(C(=O)COC(=O)c2cc3ccccc3cc2OC)c1C. The maximum absolute atomic E-state index is 12.6. The van der Waals surface area contributed by atoms with Gasteiger partial charge in [-0.3, -0.25) is 4.79 Å². The first-order chi connectivity index (χ1) is 13.0. The molecule has 140 valence electrons. The molecule has 5 nitrogen and oxygen atoms in total. The summed E-state index contributed by atoms with van der Waals surface area (Å²) in [7, 11) is 1.51. The van der Waals surface area contributed by atoms with Gasteiger partial charge in [0.1, 0.15) is 11.3 Å². The molecule has 0 aliphatic heterocycles. The van der Waals surface area contributed by atoms with Crippen LogP contribution < -0.4 is 4.74 Å². The van der Waals surface area contributed by atoms with Gasteiger partial charge >= 0.3 is 5.97 Å². The minimum Gasteiger partial charge on any atom is -0.496 e. The van der Waals surface area contributed by atoms with Gasteiger partial charge in [-0.15, -0.1) is 0 Å². The summed E-state index contributed by atoms with van der Waals surface area (Å²) in [4.78, 5) is 25.1. The van der Waals surface area contributed by atoms with E-state index in [2.05, 4.69) is 4.57 Å². The zero-order valence-electron chi connectivity index (χ0n) is 16.0. The van der Waals surface area contributed by atoms with Crippen molar-refractivity contribution in [2.45, 2.75) is 27.3 Å². The number of hydrogen-bond acceptors (Lipinski definition) is 4. The Labute approximate surface area is 158 Å². The van der Waals surface area contributed by atoms with E-state index in [1.54, 1.807) is 12.1 Å². The molecule has 0 amide bonds. The van der Waals surface area contributed by atoms with E-state index in [0.717, 1.165) is 28.7 Å². The Bertz CT molecular complexity index is 1020. The van der Waals surface area contributed by atoms with Crippen molar-refractivity contribution in [2.24, 2.45) is 0 Å².